The van der Waals surface area contributed by atoms with Gasteiger partial charge >= 0.3 is 0 Å². The Bertz CT molecular complexity index is 333. The maximum Gasteiger partial charge on any atom is 0.0749 e. The van der Waals surface area contributed by atoms with Gasteiger partial charge in [0.2, 0.25) is 0 Å². The van der Waals surface area contributed by atoms with Crippen molar-refractivity contribution in [3.8, 4) is 0 Å². The Morgan fingerprint density at radius 2 is 1.76 bits per heavy atom. The van der Waals surface area contributed by atoms with Gasteiger partial charge in [-0.15, -0.1) is 12.4 Å². The molecule has 5 heteroatoms. The third-order valence-corrected chi connectivity index (χ3v) is 3.52. The summed E-state index contributed by atoms with van der Waals surface area (Å²) in [6.07, 6.45) is 2.44. The highest BCUT2D eigenvalue weighted by molar-refractivity contribution is 6.35. The lowest BCUT2D eigenvalue weighted by atomic mass is 10.1. The lowest BCUT2D eigenvalue weighted by Gasteiger charge is -2.23. The second-order valence-electron chi connectivity index (χ2n) is 3.96. The molecule has 1 fully saturated rings. The molecule has 0 radical (unpaired) electrons. The number of benzene rings is 1. The third-order valence-electron chi connectivity index (χ3n) is 2.81. The zero-order valence-corrected chi connectivity index (χ0v) is 11.7. The molecule has 1 aliphatic rings. The Labute approximate surface area is 118 Å². The third kappa shape index (κ3) is 4.31. The van der Waals surface area contributed by atoms with Crippen LogP contribution in [0.2, 0.25) is 10.0 Å². The molecule has 1 N–H and O–H groups in total. The molecular weight excluding hydrogens is 280 g/mol. The van der Waals surface area contributed by atoms with Gasteiger partial charge in [-0.05, 0) is 38.1 Å². The molecule has 1 saturated heterocycles. The summed E-state index contributed by atoms with van der Waals surface area (Å²) in [4.78, 5) is 0. The van der Waals surface area contributed by atoms with Crippen LogP contribution in [0.25, 0.3) is 0 Å². The molecule has 0 atom stereocenters. The van der Waals surface area contributed by atoms with Crippen LogP contribution in [0.4, 0.5) is 0 Å². The van der Waals surface area contributed by atoms with Crippen molar-refractivity contribution in [1.82, 2.24) is 5.32 Å². The standard InChI is InChI=1S/C12H15Cl2NO.ClH/c13-11-2-1-3-12(14)10(11)8-16-9-4-6-15-7-5-9;/h1-3,9,15H,4-8H2;1H. The van der Waals surface area contributed by atoms with Gasteiger partial charge in [-0.3, -0.25) is 0 Å². The van der Waals surface area contributed by atoms with Gasteiger partial charge in [0.1, 0.15) is 0 Å². The Morgan fingerprint density at radius 3 is 2.35 bits per heavy atom. The summed E-state index contributed by atoms with van der Waals surface area (Å²) in [5.41, 5.74) is 0.893. The molecule has 2 rings (SSSR count). The Morgan fingerprint density at radius 1 is 1.18 bits per heavy atom. The van der Waals surface area contributed by atoms with Gasteiger partial charge in [-0.2, -0.15) is 0 Å². The fourth-order valence-corrected chi connectivity index (χ4v) is 2.34. The molecule has 1 heterocycles. The fraction of sp³-hybridized carbons (Fsp3) is 0.500. The van der Waals surface area contributed by atoms with Gasteiger partial charge < -0.3 is 10.1 Å². The van der Waals surface area contributed by atoms with E-state index in [1.54, 1.807) is 0 Å². The predicted molar refractivity (Wildman–Crippen MR) is 74.4 cm³/mol. The van der Waals surface area contributed by atoms with Crippen LogP contribution >= 0.6 is 35.6 Å². The van der Waals surface area contributed by atoms with Crippen LogP contribution in [-0.2, 0) is 11.3 Å². The summed E-state index contributed by atoms with van der Waals surface area (Å²) in [5, 5.41) is 4.67. The lowest BCUT2D eigenvalue weighted by molar-refractivity contribution is 0.0213. The molecule has 1 aromatic rings. The van der Waals surface area contributed by atoms with Crippen molar-refractivity contribution in [2.75, 3.05) is 13.1 Å². The average molecular weight is 297 g/mol. The van der Waals surface area contributed by atoms with E-state index in [0.29, 0.717) is 22.8 Å². The number of halogens is 3. The van der Waals surface area contributed by atoms with E-state index in [-0.39, 0.29) is 12.4 Å². The SMILES string of the molecule is Cl.Clc1cccc(Cl)c1COC1CCNCC1. The molecule has 1 aliphatic heterocycles. The molecule has 0 aliphatic carbocycles. The zero-order chi connectivity index (χ0) is 11.4. The van der Waals surface area contributed by atoms with E-state index in [1.165, 1.54) is 0 Å². The number of piperidine rings is 1. The molecule has 17 heavy (non-hydrogen) atoms. The van der Waals surface area contributed by atoms with Crippen LogP contribution in [0.3, 0.4) is 0 Å². The lowest BCUT2D eigenvalue weighted by Crippen LogP contribution is -2.32. The van der Waals surface area contributed by atoms with Gasteiger partial charge in [0, 0.05) is 15.6 Å². The minimum atomic E-state index is 0. The minimum absolute atomic E-state index is 0. The van der Waals surface area contributed by atoms with Crippen molar-refractivity contribution >= 4 is 35.6 Å². The summed E-state index contributed by atoms with van der Waals surface area (Å²) in [6.45, 7) is 2.56. The van der Waals surface area contributed by atoms with E-state index in [9.17, 15) is 0 Å². The van der Waals surface area contributed by atoms with Crippen LogP contribution in [0.15, 0.2) is 18.2 Å². The maximum absolute atomic E-state index is 6.07. The van der Waals surface area contributed by atoms with Crippen molar-refractivity contribution in [3.05, 3.63) is 33.8 Å². The molecule has 0 amide bonds. The number of nitrogens with one attached hydrogen (secondary N) is 1. The van der Waals surface area contributed by atoms with Crippen LogP contribution in [0.1, 0.15) is 18.4 Å². The van der Waals surface area contributed by atoms with Crippen LogP contribution in [-0.4, -0.2) is 19.2 Å². The number of ether oxygens (including phenoxy) is 1. The molecule has 96 valence electrons. The molecular formula is C12H16Cl3NO. The summed E-state index contributed by atoms with van der Waals surface area (Å²) in [5.74, 6) is 0. The van der Waals surface area contributed by atoms with Gasteiger partial charge in [0.05, 0.1) is 12.7 Å². The van der Waals surface area contributed by atoms with E-state index in [2.05, 4.69) is 5.32 Å². The highest BCUT2D eigenvalue weighted by atomic mass is 35.5. The summed E-state index contributed by atoms with van der Waals surface area (Å²) in [7, 11) is 0. The van der Waals surface area contributed by atoms with Gasteiger partial charge in [0.15, 0.2) is 0 Å². The Balaban J connectivity index is 0.00000144. The topological polar surface area (TPSA) is 21.3 Å². The van der Waals surface area contributed by atoms with E-state index in [1.807, 2.05) is 18.2 Å². The molecule has 0 saturated carbocycles. The van der Waals surface area contributed by atoms with Gasteiger partial charge in [-0.1, -0.05) is 29.3 Å². The molecule has 0 spiro atoms. The van der Waals surface area contributed by atoms with E-state index < -0.39 is 0 Å². The maximum atomic E-state index is 6.07. The van der Waals surface area contributed by atoms with Crippen molar-refractivity contribution in [2.24, 2.45) is 0 Å². The van der Waals surface area contributed by atoms with Gasteiger partial charge in [-0.25, -0.2) is 0 Å². The molecule has 0 aromatic heterocycles. The second kappa shape index (κ2) is 7.45. The first-order valence-electron chi connectivity index (χ1n) is 5.52. The second-order valence-corrected chi connectivity index (χ2v) is 4.77. The summed E-state index contributed by atoms with van der Waals surface area (Å²) >= 11 is 12.1. The monoisotopic (exact) mass is 295 g/mol. The highest BCUT2D eigenvalue weighted by Crippen LogP contribution is 2.25. The van der Waals surface area contributed by atoms with Crippen molar-refractivity contribution in [3.63, 3.8) is 0 Å². The predicted octanol–water partition coefficient (Wildman–Crippen LogP) is 3.68. The Kier molecular flexibility index (Phi) is 6.60. The normalized spacial score (nSPS) is 16.6. The molecule has 1 aromatic carbocycles. The van der Waals surface area contributed by atoms with Crippen molar-refractivity contribution in [2.45, 2.75) is 25.6 Å². The fourth-order valence-electron chi connectivity index (χ4n) is 1.83. The van der Waals surface area contributed by atoms with E-state index in [0.717, 1.165) is 31.5 Å². The first-order valence-corrected chi connectivity index (χ1v) is 6.28. The minimum Gasteiger partial charge on any atom is -0.373 e. The number of hydrogen-bond acceptors (Lipinski definition) is 2. The molecule has 0 bridgehead atoms. The number of rotatable bonds is 3. The Hall–Kier alpha value is 0.01000. The summed E-state index contributed by atoms with van der Waals surface area (Å²) in [6, 6.07) is 5.53. The summed E-state index contributed by atoms with van der Waals surface area (Å²) < 4.78 is 5.82. The van der Waals surface area contributed by atoms with Crippen LogP contribution in [0.5, 0.6) is 0 Å². The first kappa shape index (κ1) is 15.1. The van der Waals surface area contributed by atoms with Gasteiger partial charge in [0.25, 0.3) is 0 Å². The van der Waals surface area contributed by atoms with E-state index in [4.69, 9.17) is 27.9 Å². The van der Waals surface area contributed by atoms with Crippen LogP contribution < -0.4 is 5.32 Å². The first-order chi connectivity index (χ1) is 7.77. The van der Waals surface area contributed by atoms with Crippen LogP contribution in [0, 0.1) is 0 Å². The highest BCUT2D eigenvalue weighted by Gasteiger charge is 2.14. The van der Waals surface area contributed by atoms with Crippen molar-refractivity contribution < 1.29 is 4.74 Å². The molecule has 2 nitrogen and oxygen atoms in total. The van der Waals surface area contributed by atoms with Crippen molar-refractivity contribution in [1.29, 1.82) is 0 Å². The number of hydrogen-bond donors (Lipinski definition) is 1. The smallest absolute Gasteiger partial charge is 0.0749 e. The largest absolute Gasteiger partial charge is 0.373 e. The zero-order valence-electron chi connectivity index (χ0n) is 9.42. The quantitative estimate of drug-likeness (QED) is 0.918. The average Bonchev–Trinajstić information content (AvgIpc) is 2.30. The van der Waals surface area contributed by atoms with E-state index >= 15 is 0 Å². The molecule has 0 unspecified atom stereocenters.